The Labute approximate surface area is 94.3 Å². The molecule has 0 unspecified atom stereocenters. The predicted octanol–water partition coefficient (Wildman–Crippen LogP) is 2.49. The van der Waals surface area contributed by atoms with E-state index in [2.05, 4.69) is 37.3 Å². The SMILES string of the molecule is CCn1nc(C)cc1-c1nc(Br)ns1. The van der Waals surface area contributed by atoms with Crippen molar-refractivity contribution in [3.8, 4) is 10.7 Å². The minimum Gasteiger partial charge on any atom is -0.262 e. The van der Waals surface area contributed by atoms with E-state index >= 15 is 0 Å². The van der Waals surface area contributed by atoms with E-state index in [0.717, 1.165) is 22.9 Å². The van der Waals surface area contributed by atoms with Crippen molar-refractivity contribution in [2.24, 2.45) is 0 Å². The monoisotopic (exact) mass is 272 g/mol. The molecule has 4 nitrogen and oxygen atoms in total. The normalized spacial score (nSPS) is 10.8. The molecule has 0 saturated carbocycles. The fourth-order valence-corrected chi connectivity index (χ4v) is 2.37. The van der Waals surface area contributed by atoms with Crippen LogP contribution in [0.1, 0.15) is 12.6 Å². The first-order chi connectivity index (χ1) is 6.70. The molecule has 2 heterocycles. The van der Waals surface area contributed by atoms with Crippen LogP contribution in [0.2, 0.25) is 0 Å². The van der Waals surface area contributed by atoms with Crippen LogP contribution < -0.4 is 0 Å². The van der Waals surface area contributed by atoms with Gasteiger partial charge in [0, 0.05) is 6.54 Å². The lowest BCUT2D eigenvalue weighted by Gasteiger charge is -1.98. The van der Waals surface area contributed by atoms with Gasteiger partial charge in [0.25, 0.3) is 0 Å². The number of aromatic nitrogens is 4. The number of hydrogen-bond donors (Lipinski definition) is 0. The van der Waals surface area contributed by atoms with Crippen LogP contribution in [0.5, 0.6) is 0 Å². The highest BCUT2D eigenvalue weighted by Gasteiger charge is 2.10. The highest BCUT2D eigenvalue weighted by Crippen LogP contribution is 2.23. The van der Waals surface area contributed by atoms with Gasteiger partial charge in [-0.25, -0.2) is 4.98 Å². The lowest BCUT2D eigenvalue weighted by molar-refractivity contribution is 0.660. The van der Waals surface area contributed by atoms with E-state index in [9.17, 15) is 0 Å². The van der Waals surface area contributed by atoms with Gasteiger partial charge in [-0.05, 0) is 47.4 Å². The van der Waals surface area contributed by atoms with Crippen molar-refractivity contribution in [3.05, 3.63) is 16.5 Å². The van der Waals surface area contributed by atoms with Crippen LogP contribution in [0, 0.1) is 6.92 Å². The molecule has 74 valence electrons. The van der Waals surface area contributed by atoms with E-state index in [1.807, 2.05) is 17.7 Å². The molecule has 0 aliphatic heterocycles. The predicted molar refractivity (Wildman–Crippen MR) is 59.2 cm³/mol. The third kappa shape index (κ3) is 1.72. The van der Waals surface area contributed by atoms with Gasteiger partial charge in [-0.2, -0.15) is 9.47 Å². The van der Waals surface area contributed by atoms with E-state index in [0.29, 0.717) is 4.73 Å². The van der Waals surface area contributed by atoms with E-state index in [1.165, 1.54) is 11.5 Å². The summed E-state index contributed by atoms with van der Waals surface area (Å²) in [5.74, 6) is 0. The summed E-state index contributed by atoms with van der Waals surface area (Å²) in [7, 11) is 0. The highest BCUT2D eigenvalue weighted by atomic mass is 79.9. The first-order valence-electron chi connectivity index (χ1n) is 4.24. The van der Waals surface area contributed by atoms with Crippen molar-refractivity contribution in [3.63, 3.8) is 0 Å². The molecule has 6 heteroatoms. The molecule has 0 bridgehead atoms. The summed E-state index contributed by atoms with van der Waals surface area (Å²) in [6.07, 6.45) is 0. The van der Waals surface area contributed by atoms with Gasteiger partial charge in [-0.1, -0.05) is 0 Å². The summed E-state index contributed by atoms with van der Waals surface area (Å²) >= 11 is 4.62. The average molecular weight is 273 g/mol. The fourth-order valence-electron chi connectivity index (χ4n) is 1.27. The molecular formula is C8H9BrN4S. The maximum absolute atomic E-state index is 4.36. The molecule has 0 aromatic carbocycles. The zero-order chi connectivity index (χ0) is 10.1. The molecule has 0 radical (unpaired) electrons. The fraction of sp³-hybridized carbons (Fsp3) is 0.375. The first kappa shape index (κ1) is 9.79. The van der Waals surface area contributed by atoms with E-state index in [-0.39, 0.29) is 0 Å². The molecule has 0 amide bonds. The number of hydrogen-bond acceptors (Lipinski definition) is 4. The third-order valence-electron chi connectivity index (χ3n) is 1.82. The summed E-state index contributed by atoms with van der Waals surface area (Å²) in [5.41, 5.74) is 2.04. The Hall–Kier alpha value is -0.750. The molecule has 0 N–H and O–H groups in total. The third-order valence-corrected chi connectivity index (χ3v) is 3.15. The first-order valence-corrected chi connectivity index (χ1v) is 5.81. The van der Waals surface area contributed by atoms with E-state index < -0.39 is 0 Å². The van der Waals surface area contributed by atoms with Crippen molar-refractivity contribution in [2.75, 3.05) is 0 Å². The molecule has 14 heavy (non-hydrogen) atoms. The van der Waals surface area contributed by atoms with Gasteiger partial charge in [0.1, 0.15) is 0 Å². The average Bonchev–Trinajstić information content (AvgIpc) is 2.71. The topological polar surface area (TPSA) is 43.6 Å². The second-order valence-electron chi connectivity index (χ2n) is 2.86. The maximum Gasteiger partial charge on any atom is 0.209 e. The van der Waals surface area contributed by atoms with Crippen molar-refractivity contribution in [1.29, 1.82) is 0 Å². The van der Waals surface area contributed by atoms with Crippen molar-refractivity contribution >= 4 is 27.5 Å². The van der Waals surface area contributed by atoms with Gasteiger partial charge >= 0.3 is 0 Å². The molecule has 2 aromatic rings. The van der Waals surface area contributed by atoms with E-state index in [4.69, 9.17) is 0 Å². The Balaban J connectivity index is 2.49. The smallest absolute Gasteiger partial charge is 0.209 e. The van der Waals surface area contributed by atoms with E-state index in [1.54, 1.807) is 0 Å². The standard InChI is InChI=1S/C8H9BrN4S/c1-3-13-6(4-5(2)11-13)7-10-8(9)12-14-7/h4H,3H2,1-2H3. The Morgan fingerprint density at radius 2 is 2.36 bits per heavy atom. The molecule has 0 saturated heterocycles. The number of aryl methyl sites for hydroxylation is 2. The van der Waals surface area contributed by atoms with Crippen molar-refractivity contribution in [1.82, 2.24) is 19.1 Å². The van der Waals surface area contributed by atoms with Crippen LogP contribution in [0.3, 0.4) is 0 Å². The molecule has 0 spiro atoms. The van der Waals surface area contributed by atoms with Crippen LogP contribution >= 0.6 is 27.5 Å². The molecule has 0 fully saturated rings. The summed E-state index contributed by atoms with van der Waals surface area (Å²) in [6, 6.07) is 2.02. The zero-order valence-corrected chi connectivity index (χ0v) is 10.3. The number of rotatable bonds is 2. The molecule has 0 aliphatic rings. The Bertz CT molecular complexity index is 448. The lowest BCUT2D eigenvalue weighted by Crippen LogP contribution is -1.98. The minimum atomic E-state index is 0.638. The largest absolute Gasteiger partial charge is 0.262 e. The summed E-state index contributed by atoms with van der Waals surface area (Å²) in [6.45, 7) is 4.89. The molecule has 2 rings (SSSR count). The van der Waals surface area contributed by atoms with Crippen LogP contribution in [0.15, 0.2) is 10.8 Å². The Morgan fingerprint density at radius 3 is 2.93 bits per heavy atom. The summed E-state index contributed by atoms with van der Waals surface area (Å²) in [4.78, 5) is 4.27. The van der Waals surface area contributed by atoms with Crippen LogP contribution in [-0.2, 0) is 6.54 Å². The molecule has 0 aliphatic carbocycles. The zero-order valence-electron chi connectivity index (χ0n) is 7.86. The van der Waals surface area contributed by atoms with Crippen molar-refractivity contribution < 1.29 is 0 Å². The lowest BCUT2D eigenvalue weighted by atomic mass is 10.4. The second-order valence-corrected chi connectivity index (χ2v) is 4.32. The van der Waals surface area contributed by atoms with Crippen LogP contribution in [0.4, 0.5) is 0 Å². The highest BCUT2D eigenvalue weighted by molar-refractivity contribution is 9.10. The molecular weight excluding hydrogens is 264 g/mol. The van der Waals surface area contributed by atoms with Crippen LogP contribution in [0.25, 0.3) is 10.7 Å². The molecule has 0 atom stereocenters. The quantitative estimate of drug-likeness (QED) is 0.844. The van der Waals surface area contributed by atoms with Gasteiger partial charge in [0.05, 0.1) is 11.4 Å². The van der Waals surface area contributed by atoms with Crippen LogP contribution in [-0.4, -0.2) is 19.1 Å². The number of nitrogens with zero attached hydrogens (tertiary/aromatic N) is 4. The summed E-state index contributed by atoms with van der Waals surface area (Å²) in [5, 5.41) is 5.26. The summed E-state index contributed by atoms with van der Waals surface area (Å²) < 4.78 is 6.65. The van der Waals surface area contributed by atoms with Gasteiger partial charge in [-0.15, -0.1) is 0 Å². The second kappa shape index (κ2) is 3.78. The van der Waals surface area contributed by atoms with Crippen molar-refractivity contribution in [2.45, 2.75) is 20.4 Å². The Morgan fingerprint density at radius 1 is 1.57 bits per heavy atom. The van der Waals surface area contributed by atoms with Gasteiger partial charge < -0.3 is 0 Å². The minimum absolute atomic E-state index is 0.638. The molecule has 2 aromatic heterocycles. The number of halogens is 1. The Kier molecular flexibility index (Phi) is 2.64. The van der Waals surface area contributed by atoms with Gasteiger partial charge in [0.2, 0.25) is 4.73 Å². The maximum atomic E-state index is 4.36. The van der Waals surface area contributed by atoms with Gasteiger partial charge in [0.15, 0.2) is 5.01 Å². The van der Waals surface area contributed by atoms with Gasteiger partial charge in [-0.3, -0.25) is 4.68 Å².